The monoisotopic (exact) mass is 294 g/mol. The summed E-state index contributed by atoms with van der Waals surface area (Å²) in [6.07, 6.45) is 0.350. The highest BCUT2D eigenvalue weighted by molar-refractivity contribution is 8.00. The number of benzene rings is 2. The van der Waals surface area contributed by atoms with Crippen molar-refractivity contribution in [2.24, 2.45) is 0 Å². The molecule has 0 saturated carbocycles. The minimum atomic E-state index is -0.285. The van der Waals surface area contributed by atoms with Gasteiger partial charge < -0.3 is 0 Å². The van der Waals surface area contributed by atoms with Crippen LogP contribution in [0.5, 0.6) is 0 Å². The molecule has 0 aliphatic carbocycles. The normalized spacial score (nSPS) is 10.4. The number of carbonyl (C=O) groups excluding carboxylic acids is 1. The Kier molecular flexibility index (Phi) is 5.00. The Morgan fingerprint density at radius 3 is 2.68 bits per heavy atom. The maximum atomic E-state index is 13.0. The molecule has 4 heteroatoms. The first-order chi connectivity index (χ1) is 9.13. The summed E-state index contributed by atoms with van der Waals surface area (Å²) in [4.78, 5) is 12.6. The highest BCUT2D eigenvalue weighted by Crippen LogP contribution is 2.19. The van der Waals surface area contributed by atoms with E-state index >= 15 is 0 Å². The van der Waals surface area contributed by atoms with E-state index in [1.165, 1.54) is 23.9 Å². The molecular weight excluding hydrogens is 283 g/mol. The van der Waals surface area contributed by atoms with Gasteiger partial charge in [-0.1, -0.05) is 29.8 Å². The highest BCUT2D eigenvalue weighted by atomic mass is 35.5. The van der Waals surface area contributed by atoms with Gasteiger partial charge in [0.15, 0.2) is 0 Å². The van der Waals surface area contributed by atoms with Crippen molar-refractivity contribution in [2.45, 2.75) is 11.3 Å². The quantitative estimate of drug-likeness (QED) is 0.761. The van der Waals surface area contributed by atoms with Crippen LogP contribution in [0.4, 0.5) is 4.39 Å². The molecule has 0 N–H and O–H groups in total. The third kappa shape index (κ3) is 4.69. The van der Waals surface area contributed by atoms with Gasteiger partial charge in [-0.25, -0.2) is 4.39 Å². The molecule has 1 nitrogen and oxygen atoms in total. The van der Waals surface area contributed by atoms with E-state index < -0.39 is 0 Å². The summed E-state index contributed by atoms with van der Waals surface area (Å²) >= 11 is 7.20. The zero-order valence-corrected chi connectivity index (χ0v) is 11.7. The summed E-state index contributed by atoms with van der Waals surface area (Å²) in [5, 5.41) is 0.628. The first kappa shape index (κ1) is 14.1. The van der Waals surface area contributed by atoms with E-state index in [0.717, 1.165) is 10.5 Å². The van der Waals surface area contributed by atoms with Gasteiger partial charge in [0.05, 0.1) is 5.75 Å². The van der Waals surface area contributed by atoms with Crippen LogP contribution in [-0.4, -0.2) is 11.5 Å². The Bertz CT molecular complexity index is 586. The van der Waals surface area contributed by atoms with Crippen LogP contribution in [0, 0.1) is 5.82 Å². The molecule has 0 amide bonds. The van der Waals surface area contributed by atoms with Crippen LogP contribution in [0.2, 0.25) is 5.02 Å². The van der Waals surface area contributed by atoms with Crippen molar-refractivity contribution in [3.63, 3.8) is 0 Å². The molecule has 0 fully saturated rings. The maximum Gasteiger partial charge on any atom is 0.147 e. The first-order valence-corrected chi connectivity index (χ1v) is 7.14. The molecule has 0 atom stereocenters. The van der Waals surface area contributed by atoms with E-state index in [2.05, 4.69) is 0 Å². The van der Waals surface area contributed by atoms with Crippen molar-refractivity contribution in [1.29, 1.82) is 0 Å². The van der Waals surface area contributed by atoms with E-state index in [1.807, 2.05) is 12.1 Å². The highest BCUT2D eigenvalue weighted by Gasteiger charge is 2.06. The number of Topliss-reactive ketones (excluding diaryl/α,β-unsaturated/α-hetero) is 1. The SMILES string of the molecule is O=C(CSc1cccc(F)c1)Cc1cccc(Cl)c1. The first-order valence-electron chi connectivity index (χ1n) is 5.78. The van der Waals surface area contributed by atoms with Crippen molar-refractivity contribution in [1.82, 2.24) is 0 Å². The van der Waals surface area contributed by atoms with Crippen molar-refractivity contribution in [2.75, 3.05) is 5.75 Å². The number of rotatable bonds is 5. The van der Waals surface area contributed by atoms with Gasteiger partial charge in [-0.3, -0.25) is 4.79 Å². The van der Waals surface area contributed by atoms with Gasteiger partial charge in [0.1, 0.15) is 11.6 Å². The van der Waals surface area contributed by atoms with Crippen LogP contribution in [-0.2, 0) is 11.2 Å². The predicted octanol–water partition coefficient (Wildman–Crippen LogP) is 4.38. The van der Waals surface area contributed by atoms with Crippen molar-refractivity contribution in [3.05, 3.63) is 64.9 Å². The van der Waals surface area contributed by atoms with Crippen LogP contribution in [0.1, 0.15) is 5.56 Å². The summed E-state index contributed by atoms with van der Waals surface area (Å²) in [6.45, 7) is 0. The average Bonchev–Trinajstić information content (AvgIpc) is 2.36. The molecule has 0 unspecified atom stereocenters. The number of ketones is 1. The van der Waals surface area contributed by atoms with Gasteiger partial charge in [0.2, 0.25) is 0 Å². The van der Waals surface area contributed by atoms with Gasteiger partial charge in [-0.2, -0.15) is 0 Å². The summed E-state index contributed by atoms with van der Waals surface area (Å²) in [6, 6.07) is 13.5. The lowest BCUT2D eigenvalue weighted by Crippen LogP contribution is -2.05. The zero-order valence-electron chi connectivity index (χ0n) is 10.1. The number of thioether (sulfide) groups is 1. The van der Waals surface area contributed by atoms with Crippen LogP contribution < -0.4 is 0 Å². The van der Waals surface area contributed by atoms with Crippen LogP contribution in [0.15, 0.2) is 53.4 Å². The predicted molar refractivity (Wildman–Crippen MR) is 77.3 cm³/mol. The second kappa shape index (κ2) is 6.73. The minimum absolute atomic E-state index is 0.0940. The molecule has 0 heterocycles. The Hall–Kier alpha value is -1.32. The molecule has 0 radical (unpaired) electrons. The molecule has 0 aromatic heterocycles. The van der Waals surface area contributed by atoms with E-state index in [4.69, 9.17) is 11.6 Å². The molecule has 2 rings (SSSR count). The Labute approximate surface area is 120 Å². The number of carbonyl (C=O) groups is 1. The molecule has 0 saturated heterocycles. The summed E-state index contributed by atoms with van der Waals surface area (Å²) in [5.74, 6) is 0.138. The third-order valence-electron chi connectivity index (χ3n) is 2.49. The molecule has 0 aliphatic heterocycles. The molecule has 0 aliphatic rings. The lowest BCUT2D eigenvalue weighted by atomic mass is 10.1. The Balaban J connectivity index is 1.88. The summed E-state index contributed by atoms with van der Waals surface area (Å²) in [7, 11) is 0. The average molecular weight is 295 g/mol. The van der Waals surface area contributed by atoms with Crippen LogP contribution in [0.3, 0.4) is 0 Å². The lowest BCUT2D eigenvalue weighted by Gasteiger charge is -2.03. The Morgan fingerprint density at radius 1 is 1.16 bits per heavy atom. The van der Waals surface area contributed by atoms with Gasteiger partial charge in [-0.15, -0.1) is 11.8 Å². The van der Waals surface area contributed by atoms with Gasteiger partial charge >= 0.3 is 0 Å². The van der Waals surface area contributed by atoms with Gasteiger partial charge in [-0.05, 0) is 35.9 Å². The molecular formula is C15H12ClFOS. The van der Waals surface area contributed by atoms with Gasteiger partial charge in [0.25, 0.3) is 0 Å². The Morgan fingerprint density at radius 2 is 1.95 bits per heavy atom. The molecule has 0 spiro atoms. The number of hydrogen-bond donors (Lipinski definition) is 0. The van der Waals surface area contributed by atoms with E-state index in [0.29, 0.717) is 17.2 Å². The largest absolute Gasteiger partial charge is 0.298 e. The zero-order chi connectivity index (χ0) is 13.7. The standard InChI is InChI=1S/C15H12ClFOS/c16-12-4-1-3-11(7-12)8-14(18)10-19-15-6-2-5-13(17)9-15/h1-7,9H,8,10H2. The van der Waals surface area contributed by atoms with Crippen molar-refractivity contribution < 1.29 is 9.18 Å². The fraction of sp³-hybridized carbons (Fsp3) is 0.133. The number of halogens is 2. The van der Waals surface area contributed by atoms with E-state index in [9.17, 15) is 9.18 Å². The maximum absolute atomic E-state index is 13.0. The summed E-state index contributed by atoms with van der Waals surface area (Å²) < 4.78 is 13.0. The molecule has 2 aromatic rings. The lowest BCUT2D eigenvalue weighted by molar-refractivity contribution is -0.116. The van der Waals surface area contributed by atoms with Crippen molar-refractivity contribution >= 4 is 29.1 Å². The smallest absolute Gasteiger partial charge is 0.147 e. The summed E-state index contributed by atoms with van der Waals surface area (Å²) in [5.41, 5.74) is 0.900. The molecule has 19 heavy (non-hydrogen) atoms. The topological polar surface area (TPSA) is 17.1 Å². The second-order valence-electron chi connectivity index (χ2n) is 4.09. The fourth-order valence-electron chi connectivity index (χ4n) is 1.65. The van der Waals surface area contributed by atoms with E-state index in [1.54, 1.807) is 24.3 Å². The molecule has 0 bridgehead atoms. The van der Waals surface area contributed by atoms with E-state index in [-0.39, 0.29) is 11.6 Å². The fourth-order valence-corrected chi connectivity index (χ4v) is 2.66. The van der Waals surface area contributed by atoms with Crippen molar-refractivity contribution in [3.8, 4) is 0 Å². The minimum Gasteiger partial charge on any atom is -0.298 e. The molecule has 2 aromatic carbocycles. The van der Waals surface area contributed by atoms with Crippen LogP contribution in [0.25, 0.3) is 0 Å². The number of hydrogen-bond acceptors (Lipinski definition) is 2. The second-order valence-corrected chi connectivity index (χ2v) is 5.58. The molecule has 98 valence electrons. The van der Waals surface area contributed by atoms with Crippen LogP contribution >= 0.6 is 23.4 Å². The van der Waals surface area contributed by atoms with Gasteiger partial charge in [0, 0.05) is 16.3 Å². The third-order valence-corrected chi connectivity index (χ3v) is 3.77.